The lowest BCUT2D eigenvalue weighted by molar-refractivity contribution is -0.136. The number of hydrogen-bond acceptors (Lipinski definition) is 2. The first-order chi connectivity index (χ1) is 7.02. The first-order valence-corrected chi connectivity index (χ1v) is 4.26. The molecule has 0 aliphatic heterocycles. The predicted octanol–water partition coefficient (Wildman–Crippen LogP) is 1.81. The summed E-state index contributed by atoms with van der Waals surface area (Å²) < 4.78 is 39.0. The second-order valence-electron chi connectivity index (χ2n) is 3.09. The molecule has 0 amide bonds. The van der Waals surface area contributed by atoms with Crippen LogP contribution in [0.15, 0.2) is 24.5 Å². The van der Waals surface area contributed by atoms with Crippen molar-refractivity contribution in [1.82, 2.24) is 9.38 Å². The SMILES string of the molecule is NCc1cn2cccc(C(F)(F)F)c2n1. The Morgan fingerprint density at radius 2 is 2.13 bits per heavy atom. The number of nitrogens with two attached hydrogens (primary N) is 1. The summed E-state index contributed by atoms with van der Waals surface area (Å²) in [5.74, 6) is 0. The number of pyridine rings is 1. The van der Waals surface area contributed by atoms with E-state index in [1.54, 1.807) is 0 Å². The Morgan fingerprint density at radius 3 is 2.73 bits per heavy atom. The maximum absolute atomic E-state index is 12.5. The number of fused-ring (bicyclic) bond motifs is 1. The number of halogens is 3. The fourth-order valence-electron chi connectivity index (χ4n) is 1.38. The minimum absolute atomic E-state index is 0.106. The third kappa shape index (κ3) is 1.68. The van der Waals surface area contributed by atoms with E-state index in [1.165, 1.54) is 22.9 Å². The largest absolute Gasteiger partial charge is 0.419 e. The molecule has 0 atom stereocenters. The molecule has 3 nitrogen and oxygen atoms in total. The van der Waals surface area contributed by atoms with E-state index in [9.17, 15) is 13.2 Å². The third-order valence-electron chi connectivity index (χ3n) is 2.05. The zero-order valence-corrected chi connectivity index (χ0v) is 7.62. The number of hydrogen-bond donors (Lipinski definition) is 1. The van der Waals surface area contributed by atoms with Gasteiger partial charge in [-0.15, -0.1) is 0 Å². The molecule has 0 aliphatic carbocycles. The second-order valence-corrected chi connectivity index (χ2v) is 3.09. The highest BCUT2D eigenvalue weighted by atomic mass is 19.4. The zero-order valence-electron chi connectivity index (χ0n) is 7.62. The lowest BCUT2D eigenvalue weighted by Gasteiger charge is -2.06. The van der Waals surface area contributed by atoms with E-state index in [0.29, 0.717) is 5.69 Å². The molecule has 0 saturated carbocycles. The van der Waals surface area contributed by atoms with E-state index in [4.69, 9.17) is 5.73 Å². The van der Waals surface area contributed by atoms with Crippen LogP contribution in [0.25, 0.3) is 5.65 Å². The van der Waals surface area contributed by atoms with Gasteiger partial charge in [-0.3, -0.25) is 0 Å². The highest BCUT2D eigenvalue weighted by Gasteiger charge is 2.33. The summed E-state index contributed by atoms with van der Waals surface area (Å²) in [6, 6.07) is 2.33. The Morgan fingerprint density at radius 1 is 1.40 bits per heavy atom. The highest BCUT2D eigenvalue weighted by molar-refractivity contribution is 5.50. The van der Waals surface area contributed by atoms with Crippen molar-refractivity contribution in [2.24, 2.45) is 5.73 Å². The quantitative estimate of drug-likeness (QED) is 0.788. The summed E-state index contributed by atoms with van der Waals surface area (Å²) >= 11 is 0. The zero-order chi connectivity index (χ0) is 11.1. The molecule has 2 aromatic rings. The van der Waals surface area contributed by atoms with Gasteiger partial charge < -0.3 is 10.1 Å². The van der Waals surface area contributed by atoms with Crippen molar-refractivity contribution in [2.75, 3.05) is 0 Å². The molecule has 0 unspecified atom stereocenters. The Kier molecular flexibility index (Phi) is 2.15. The number of nitrogens with zero attached hydrogens (tertiary/aromatic N) is 2. The van der Waals surface area contributed by atoms with Crippen molar-refractivity contribution >= 4 is 5.65 Å². The second kappa shape index (κ2) is 3.23. The van der Waals surface area contributed by atoms with Crippen LogP contribution in [0.5, 0.6) is 0 Å². The van der Waals surface area contributed by atoms with Crippen molar-refractivity contribution in [3.63, 3.8) is 0 Å². The molecule has 2 N–H and O–H groups in total. The lowest BCUT2D eigenvalue weighted by atomic mass is 10.2. The first-order valence-electron chi connectivity index (χ1n) is 4.26. The standard InChI is InChI=1S/C9H8F3N3/c10-9(11,12)7-2-1-3-15-5-6(4-13)14-8(7)15/h1-3,5H,4,13H2. The summed E-state index contributed by atoms with van der Waals surface area (Å²) in [7, 11) is 0. The van der Waals surface area contributed by atoms with Crippen molar-refractivity contribution in [1.29, 1.82) is 0 Å². The Labute approximate surface area is 83.3 Å². The number of rotatable bonds is 1. The van der Waals surface area contributed by atoms with Crippen LogP contribution < -0.4 is 5.73 Å². The summed E-state index contributed by atoms with van der Waals surface area (Å²) in [6.45, 7) is 0.124. The van der Waals surface area contributed by atoms with Gasteiger partial charge in [0.05, 0.1) is 11.3 Å². The fourth-order valence-corrected chi connectivity index (χ4v) is 1.38. The molecular weight excluding hydrogens is 207 g/mol. The smallest absolute Gasteiger partial charge is 0.325 e. The van der Waals surface area contributed by atoms with Crippen molar-refractivity contribution in [2.45, 2.75) is 12.7 Å². The number of alkyl halides is 3. The summed E-state index contributed by atoms with van der Waals surface area (Å²) in [6.07, 6.45) is -1.39. The monoisotopic (exact) mass is 215 g/mol. The Balaban J connectivity index is 2.70. The first kappa shape index (κ1) is 9.97. The molecule has 2 heterocycles. The van der Waals surface area contributed by atoms with E-state index in [2.05, 4.69) is 4.98 Å². The van der Waals surface area contributed by atoms with Gasteiger partial charge >= 0.3 is 6.18 Å². The van der Waals surface area contributed by atoms with Gasteiger partial charge in [-0.05, 0) is 12.1 Å². The van der Waals surface area contributed by atoms with Crippen LogP contribution in [0.2, 0.25) is 0 Å². The van der Waals surface area contributed by atoms with Gasteiger partial charge in [0.25, 0.3) is 0 Å². The normalized spacial score (nSPS) is 12.3. The van der Waals surface area contributed by atoms with E-state index < -0.39 is 11.7 Å². The maximum atomic E-state index is 12.5. The van der Waals surface area contributed by atoms with Gasteiger partial charge in [0.2, 0.25) is 0 Å². The molecule has 0 fully saturated rings. The molecule has 0 spiro atoms. The molecule has 2 aromatic heterocycles. The lowest BCUT2D eigenvalue weighted by Crippen LogP contribution is -2.07. The molecule has 0 saturated heterocycles. The number of imidazole rings is 1. The molecule has 0 bridgehead atoms. The molecule has 0 radical (unpaired) electrons. The minimum atomic E-state index is -4.39. The predicted molar refractivity (Wildman–Crippen MR) is 48.1 cm³/mol. The fraction of sp³-hybridized carbons (Fsp3) is 0.222. The van der Waals surface area contributed by atoms with E-state index in [0.717, 1.165) is 6.07 Å². The average molecular weight is 215 g/mol. The van der Waals surface area contributed by atoms with Crippen LogP contribution >= 0.6 is 0 Å². The average Bonchev–Trinajstić information content (AvgIpc) is 2.57. The van der Waals surface area contributed by atoms with Crippen molar-refractivity contribution < 1.29 is 13.2 Å². The van der Waals surface area contributed by atoms with E-state index >= 15 is 0 Å². The molecule has 15 heavy (non-hydrogen) atoms. The number of aromatic nitrogens is 2. The molecule has 6 heteroatoms. The van der Waals surface area contributed by atoms with Crippen molar-refractivity contribution in [3.05, 3.63) is 35.8 Å². The topological polar surface area (TPSA) is 43.3 Å². The summed E-state index contributed by atoms with van der Waals surface area (Å²) in [5, 5.41) is 0. The van der Waals surface area contributed by atoms with Gasteiger partial charge in [-0.25, -0.2) is 4.98 Å². The summed E-state index contributed by atoms with van der Waals surface area (Å²) in [4.78, 5) is 3.82. The van der Waals surface area contributed by atoms with Crippen LogP contribution in [0.4, 0.5) is 13.2 Å². The minimum Gasteiger partial charge on any atom is -0.325 e. The van der Waals surface area contributed by atoms with Crippen LogP contribution in [0, 0.1) is 0 Å². The maximum Gasteiger partial charge on any atom is 0.419 e. The molecule has 80 valence electrons. The molecule has 0 aliphatic rings. The van der Waals surface area contributed by atoms with Crippen molar-refractivity contribution in [3.8, 4) is 0 Å². The van der Waals surface area contributed by atoms with Crippen LogP contribution in [-0.4, -0.2) is 9.38 Å². The molecule has 0 aromatic carbocycles. The molecule has 2 rings (SSSR count). The van der Waals surface area contributed by atoms with Gasteiger partial charge in [0, 0.05) is 18.9 Å². The molecular formula is C9H8F3N3. The van der Waals surface area contributed by atoms with Gasteiger partial charge in [0.1, 0.15) is 5.65 Å². The van der Waals surface area contributed by atoms with E-state index in [1.807, 2.05) is 0 Å². The van der Waals surface area contributed by atoms with Gasteiger partial charge in [-0.1, -0.05) is 0 Å². The third-order valence-corrected chi connectivity index (χ3v) is 2.05. The van der Waals surface area contributed by atoms with Crippen LogP contribution in [0.1, 0.15) is 11.3 Å². The van der Waals surface area contributed by atoms with Gasteiger partial charge in [0.15, 0.2) is 0 Å². The Bertz CT molecular complexity index is 487. The van der Waals surface area contributed by atoms with Crippen LogP contribution in [0.3, 0.4) is 0 Å². The Hall–Kier alpha value is -1.56. The summed E-state index contributed by atoms with van der Waals surface area (Å²) in [5.41, 5.74) is 4.90. The van der Waals surface area contributed by atoms with Crippen LogP contribution in [-0.2, 0) is 12.7 Å². The van der Waals surface area contributed by atoms with Gasteiger partial charge in [-0.2, -0.15) is 13.2 Å². The van der Waals surface area contributed by atoms with E-state index in [-0.39, 0.29) is 12.2 Å². The highest BCUT2D eigenvalue weighted by Crippen LogP contribution is 2.31.